The van der Waals surface area contributed by atoms with Crippen LogP contribution < -0.4 is 20.1 Å². The van der Waals surface area contributed by atoms with Gasteiger partial charge in [0.1, 0.15) is 35.2 Å². The molecule has 4 aromatic carbocycles. The molecule has 2 atom stereocenters. The SMILES string of the molecule is CCNC(=O)CC1N=C(c2ccc(Cl)cc2)c2cc(OCCCNC(=O)CC3N=C(c4ccc(Cl)cc4)c4cc(OC)ccc4-n4c(C)nnc43)ccc2-n2c(C)nnc21. The van der Waals surface area contributed by atoms with Gasteiger partial charge in [-0.25, -0.2) is 0 Å². The van der Waals surface area contributed by atoms with Crippen LogP contribution in [0.15, 0.2) is 94.9 Å². The lowest BCUT2D eigenvalue weighted by Crippen LogP contribution is -2.27. The summed E-state index contributed by atoms with van der Waals surface area (Å²) in [4.78, 5) is 36.7. The van der Waals surface area contributed by atoms with Gasteiger partial charge in [-0.3, -0.25) is 28.7 Å². The van der Waals surface area contributed by atoms with Gasteiger partial charge in [-0.1, -0.05) is 47.5 Å². The highest BCUT2D eigenvalue weighted by Gasteiger charge is 2.32. The van der Waals surface area contributed by atoms with Crippen molar-refractivity contribution < 1.29 is 19.1 Å². The predicted octanol–water partition coefficient (Wildman–Crippen LogP) is 7.07. The van der Waals surface area contributed by atoms with Gasteiger partial charge in [0.25, 0.3) is 0 Å². The van der Waals surface area contributed by atoms with E-state index in [2.05, 4.69) is 31.0 Å². The van der Waals surface area contributed by atoms with Crippen LogP contribution in [-0.2, 0) is 9.59 Å². The molecule has 6 aromatic rings. The number of nitrogens with zero attached hydrogens (tertiary/aromatic N) is 8. The van der Waals surface area contributed by atoms with Gasteiger partial charge < -0.3 is 20.1 Å². The Morgan fingerprint density at radius 1 is 0.667 bits per heavy atom. The largest absolute Gasteiger partial charge is 0.497 e. The molecule has 14 nitrogen and oxygen atoms in total. The fourth-order valence-corrected chi connectivity index (χ4v) is 7.75. The highest BCUT2D eigenvalue weighted by molar-refractivity contribution is 6.31. The molecule has 0 spiro atoms. The van der Waals surface area contributed by atoms with Crippen LogP contribution in [0.1, 0.15) is 83.8 Å². The van der Waals surface area contributed by atoms with Crippen molar-refractivity contribution in [3.8, 4) is 22.9 Å². The average molecular weight is 846 g/mol. The molecule has 2 N–H and O–H groups in total. The Labute approximate surface area is 356 Å². The first-order chi connectivity index (χ1) is 29.1. The van der Waals surface area contributed by atoms with Crippen molar-refractivity contribution in [3.63, 3.8) is 0 Å². The Hall–Kier alpha value is -6.38. The van der Waals surface area contributed by atoms with Crippen LogP contribution in [0, 0.1) is 13.8 Å². The summed E-state index contributed by atoms with van der Waals surface area (Å²) in [6.45, 7) is 6.84. The van der Waals surface area contributed by atoms with Gasteiger partial charge in [-0.2, -0.15) is 0 Å². The molecule has 2 amide bonds. The van der Waals surface area contributed by atoms with E-state index in [9.17, 15) is 9.59 Å². The molecular weight excluding hydrogens is 803 g/mol. The Morgan fingerprint density at radius 3 is 1.65 bits per heavy atom. The highest BCUT2D eigenvalue weighted by Crippen LogP contribution is 2.36. The van der Waals surface area contributed by atoms with E-state index < -0.39 is 12.1 Å². The predicted molar refractivity (Wildman–Crippen MR) is 229 cm³/mol. The van der Waals surface area contributed by atoms with E-state index in [1.807, 2.05) is 115 Å². The fraction of sp³-hybridized carbons (Fsp3) is 0.273. The highest BCUT2D eigenvalue weighted by atomic mass is 35.5. The van der Waals surface area contributed by atoms with Gasteiger partial charge in [0.05, 0.1) is 49.4 Å². The molecule has 0 bridgehead atoms. The van der Waals surface area contributed by atoms with E-state index >= 15 is 0 Å². The Bertz CT molecular complexity index is 2640. The second kappa shape index (κ2) is 17.5. The van der Waals surface area contributed by atoms with Crippen LogP contribution >= 0.6 is 23.2 Å². The number of aryl methyl sites for hydroxylation is 2. The van der Waals surface area contributed by atoms with Crippen LogP contribution in [0.2, 0.25) is 10.0 Å². The number of amides is 2. The second-order valence-corrected chi connectivity index (χ2v) is 15.2. The number of nitrogens with one attached hydrogen (secondary N) is 2. The number of aliphatic imine (C=N–C) groups is 2. The van der Waals surface area contributed by atoms with Crippen molar-refractivity contribution in [2.75, 3.05) is 26.8 Å². The summed E-state index contributed by atoms with van der Waals surface area (Å²) in [5, 5.41) is 24.8. The number of benzene rings is 4. The summed E-state index contributed by atoms with van der Waals surface area (Å²) in [5.41, 5.74) is 6.29. The van der Waals surface area contributed by atoms with Crippen molar-refractivity contribution in [1.82, 2.24) is 40.2 Å². The van der Waals surface area contributed by atoms with E-state index in [0.717, 1.165) is 33.6 Å². The molecule has 2 aromatic heterocycles. The van der Waals surface area contributed by atoms with Gasteiger partial charge in [-0.15, -0.1) is 20.4 Å². The number of rotatable bonds is 13. The van der Waals surface area contributed by atoms with Gasteiger partial charge in [0, 0.05) is 45.4 Å². The number of hydrogen-bond donors (Lipinski definition) is 2. The van der Waals surface area contributed by atoms with Gasteiger partial charge in [-0.05, 0) is 87.9 Å². The van der Waals surface area contributed by atoms with Crippen molar-refractivity contribution in [3.05, 3.63) is 141 Å². The maximum Gasteiger partial charge on any atom is 0.222 e. The van der Waals surface area contributed by atoms with Crippen LogP contribution in [0.4, 0.5) is 0 Å². The minimum absolute atomic E-state index is 0.0461. The zero-order valence-electron chi connectivity index (χ0n) is 33.4. The van der Waals surface area contributed by atoms with Crippen molar-refractivity contribution in [2.45, 2.75) is 52.1 Å². The Balaban J connectivity index is 0.988. The Kier molecular flexibility index (Phi) is 11.8. The number of fused-ring (bicyclic) bond motifs is 6. The minimum Gasteiger partial charge on any atom is -0.497 e. The third-order valence-corrected chi connectivity index (χ3v) is 10.8. The number of ether oxygens (including phenoxy) is 2. The van der Waals surface area contributed by atoms with Gasteiger partial charge in [0.15, 0.2) is 11.6 Å². The maximum atomic E-state index is 13.6. The molecule has 0 radical (unpaired) electrons. The van der Waals surface area contributed by atoms with E-state index in [1.165, 1.54) is 0 Å². The first kappa shape index (κ1) is 40.4. The van der Waals surface area contributed by atoms with Crippen LogP contribution in [0.25, 0.3) is 11.4 Å². The summed E-state index contributed by atoms with van der Waals surface area (Å²) in [6, 6.07) is 25.2. The topological polar surface area (TPSA) is 163 Å². The summed E-state index contributed by atoms with van der Waals surface area (Å²) in [5.74, 6) is 3.44. The normalized spacial score (nSPS) is 15.2. The molecule has 4 heterocycles. The summed E-state index contributed by atoms with van der Waals surface area (Å²) < 4.78 is 15.7. The molecule has 0 saturated carbocycles. The van der Waals surface area contributed by atoms with E-state index in [1.54, 1.807) is 7.11 Å². The molecule has 8 rings (SSSR count). The number of halogens is 2. The molecule has 0 aliphatic carbocycles. The molecule has 2 aliphatic heterocycles. The van der Waals surface area contributed by atoms with Crippen LogP contribution in [-0.4, -0.2) is 79.6 Å². The van der Waals surface area contributed by atoms with Crippen molar-refractivity contribution >= 4 is 46.4 Å². The average Bonchev–Trinajstić information content (AvgIpc) is 3.75. The van der Waals surface area contributed by atoms with Crippen molar-refractivity contribution in [1.29, 1.82) is 0 Å². The summed E-state index contributed by atoms with van der Waals surface area (Å²) >= 11 is 12.5. The number of carbonyl (C=O) groups excluding carboxylic acids is 2. The quantitative estimate of drug-likeness (QED) is 0.117. The standard InChI is InChI=1S/C44H42Cl2N10O4/c1-5-47-39(57)23-35-43-53-52-26(3)56(43)38-18-16-32(22-34(38)42(49-35)28-9-13-30(46)14-10-28)60-20-6-19-48-40(58)24-36-44-54-51-25(2)55(44)37-17-15-31(59-4)21-33(37)41(50-36)27-7-11-29(45)12-8-27/h7-18,21-22,35-36H,5-6,19-20,23-24H2,1-4H3,(H,47,57)(H,48,58). The molecule has 0 saturated heterocycles. The minimum atomic E-state index is -0.627. The van der Waals surface area contributed by atoms with Gasteiger partial charge in [0.2, 0.25) is 11.8 Å². The second-order valence-electron chi connectivity index (χ2n) is 14.4. The van der Waals surface area contributed by atoms with E-state index in [4.69, 9.17) is 42.7 Å². The molecule has 306 valence electrons. The number of methoxy groups -OCH3 is 1. The summed E-state index contributed by atoms with van der Waals surface area (Å²) in [6.07, 6.45) is 0.685. The fourth-order valence-electron chi connectivity index (χ4n) is 7.50. The zero-order valence-corrected chi connectivity index (χ0v) is 35.0. The molecular formula is C44H42Cl2N10O4. The third-order valence-electron chi connectivity index (χ3n) is 10.3. The first-order valence-corrected chi connectivity index (χ1v) is 20.4. The lowest BCUT2D eigenvalue weighted by molar-refractivity contribution is -0.122. The lowest BCUT2D eigenvalue weighted by Gasteiger charge is -2.15. The molecule has 60 heavy (non-hydrogen) atoms. The Morgan fingerprint density at radius 2 is 1.15 bits per heavy atom. The van der Waals surface area contributed by atoms with E-state index in [0.29, 0.717) is 82.4 Å². The number of carbonyl (C=O) groups is 2. The zero-order chi connectivity index (χ0) is 41.9. The molecule has 2 unspecified atom stereocenters. The monoisotopic (exact) mass is 844 g/mol. The molecule has 16 heteroatoms. The smallest absolute Gasteiger partial charge is 0.222 e. The number of aromatic nitrogens is 6. The van der Waals surface area contributed by atoms with Gasteiger partial charge >= 0.3 is 0 Å². The summed E-state index contributed by atoms with van der Waals surface area (Å²) in [7, 11) is 1.62. The third kappa shape index (κ3) is 8.25. The van der Waals surface area contributed by atoms with Crippen molar-refractivity contribution in [2.24, 2.45) is 9.98 Å². The maximum absolute atomic E-state index is 13.6. The van der Waals surface area contributed by atoms with E-state index in [-0.39, 0.29) is 24.7 Å². The first-order valence-electron chi connectivity index (χ1n) is 19.6. The molecule has 2 aliphatic rings. The van der Waals surface area contributed by atoms with Crippen LogP contribution in [0.5, 0.6) is 11.5 Å². The number of hydrogen-bond acceptors (Lipinski definition) is 10. The van der Waals surface area contributed by atoms with Crippen LogP contribution in [0.3, 0.4) is 0 Å². The molecule has 0 fully saturated rings. The lowest BCUT2D eigenvalue weighted by atomic mass is 10.00.